The molecule has 0 saturated carbocycles. The molecule has 3 aromatic heterocycles. The Labute approximate surface area is 276 Å². The summed E-state index contributed by atoms with van der Waals surface area (Å²) in [7, 11) is 0. The number of para-hydroxylation sites is 1. The Bertz CT molecular complexity index is 2710. The molecule has 0 radical (unpaired) electrons. The lowest BCUT2D eigenvalue weighted by Crippen LogP contribution is -2.15. The lowest BCUT2D eigenvalue weighted by molar-refractivity contribution is 0.660. The monoisotopic (exact) mass is 619 g/mol. The number of aromatic nitrogens is 3. The molecule has 1 aliphatic carbocycles. The predicted molar refractivity (Wildman–Crippen MR) is 198 cm³/mol. The first-order chi connectivity index (χ1) is 23.1. The van der Waals surface area contributed by atoms with Crippen LogP contribution in [-0.4, -0.2) is 14.5 Å². The summed E-state index contributed by atoms with van der Waals surface area (Å²) in [6.45, 7) is 4.66. The van der Waals surface area contributed by atoms with Gasteiger partial charge >= 0.3 is 0 Å². The van der Waals surface area contributed by atoms with E-state index in [2.05, 4.69) is 158 Å². The molecule has 10 rings (SSSR count). The summed E-state index contributed by atoms with van der Waals surface area (Å²) in [5, 5.41) is 4.97. The summed E-state index contributed by atoms with van der Waals surface area (Å²) in [6, 6.07) is 50.2. The van der Waals surface area contributed by atoms with E-state index in [1.54, 1.807) is 0 Å². The quantitative estimate of drug-likeness (QED) is 0.197. The molecule has 4 heteroatoms. The molecule has 47 heavy (non-hydrogen) atoms. The lowest BCUT2D eigenvalue weighted by atomic mass is 9.82. The van der Waals surface area contributed by atoms with Crippen LogP contribution in [-0.2, 0) is 5.41 Å². The van der Waals surface area contributed by atoms with E-state index in [0.717, 1.165) is 33.5 Å². The number of hydrogen-bond donors (Lipinski definition) is 0. The van der Waals surface area contributed by atoms with Gasteiger partial charge in [0.25, 0.3) is 0 Å². The molecule has 222 valence electrons. The van der Waals surface area contributed by atoms with Crippen LogP contribution in [0.5, 0.6) is 0 Å². The van der Waals surface area contributed by atoms with E-state index in [1.165, 1.54) is 53.2 Å². The van der Waals surface area contributed by atoms with Crippen LogP contribution in [0.25, 0.3) is 81.6 Å². The minimum absolute atomic E-state index is 0.0975. The van der Waals surface area contributed by atoms with E-state index in [0.29, 0.717) is 5.95 Å². The molecule has 1 aliphatic rings. The van der Waals surface area contributed by atoms with Crippen molar-refractivity contribution in [2.24, 2.45) is 0 Å². The van der Waals surface area contributed by atoms with Gasteiger partial charge in [0.05, 0.1) is 27.1 Å². The van der Waals surface area contributed by atoms with Crippen molar-refractivity contribution < 1.29 is 0 Å². The molecule has 0 saturated heterocycles. The molecular formula is C43H29N3S. The summed E-state index contributed by atoms with van der Waals surface area (Å²) in [6.07, 6.45) is 0. The van der Waals surface area contributed by atoms with Crippen molar-refractivity contribution in [2.75, 3.05) is 0 Å². The van der Waals surface area contributed by atoms with E-state index in [-0.39, 0.29) is 5.41 Å². The Kier molecular flexibility index (Phi) is 5.50. The SMILES string of the molecule is CC1(C)c2ccccc2-c2ccc(-c3cc(-c4ccccc4)nc(-n4c5ccccc5c5ccc6c7ccccc7sc6c54)n3)cc21. The molecule has 0 atom stereocenters. The molecule has 6 aromatic carbocycles. The number of rotatable bonds is 3. The smallest absolute Gasteiger partial charge is 0.235 e. The number of fused-ring (bicyclic) bond motifs is 10. The van der Waals surface area contributed by atoms with Gasteiger partial charge in [-0.1, -0.05) is 129 Å². The Hall–Kier alpha value is -5.58. The van der Waals surface area contributed by atoms with Crippen molar-refractivity contribution in [1.82, 2.24) is 14.5 Å². The maximum Gasteiger partial charge on any atom is 0.235 e. The molecule has 0 aliphatic heterocycles. The van der Waals surface area contributed by atoms with Crippen LogP contribution in [0.4, 0.5) is 0 Å². The van der Waals surface area contributed by atoms with Crippen molar-refractivity contribution in [3.63, 3.8) is 0 Å². The number of nitrogens with zero attached hydrogens (tertiary/aromatic N) is 3. The Morgan fingerprint density at radius 2 is 1.21 bits per heavy atom. The zero-order valence-electron chi connectivity index (χ0n) is 26.0. The van der Waals surface area contributed by atoms with Gasteiger partial charge in [0, 0.05) is 42.8 Å². The fraction of sp³-hybridized carbons (Fsp3) is 0.0698. The summed E-state index contributed by atoms with van der Waals surface area (Å²) in [5.41, 5.74) is 11.5. The average Bonchev–Trinajstić information content (AvgIpc) is 3.74. The molecule has 0 fully saturated rings. The van der Waals surface area contributed by atoms with Crippen molar-refractivity contribution in [2.45, 2.75) is 19.3 Å². The maximum atomic E-state index is 5.41. The van der Waals surface area contributed by atoms with E-state index < -0.39 is 0 Å². The lowest BCUT2D eigenvalue weighted by Gasteiger charge is -2.22. The molecule has 0 unspecified atom stereocenters. The van der Waals surface area contributed by atoms with E-state index >= 15 is 0 Å². The second-order valence-corrected chi connectivity index (χ2v) is 14.1. The van der Waals surface area contributed by atoms with Crippen LogP contribution >= 0.6 is 11.3 Å². The summed E-state index contributed by atoms with van der Waals surface area (Å²) < 4.78 is 4.84. The number of hydrogen-bond acceptors (Lipinski definition) is 3. The number of thiophene rings is 1. The molecular weight excluding hydrogens is 591 g/mol. The zero-order chi connectivity index (χ0) is 31.3. The molecule has 0 N–H and O–H groups in total. The topological polar surface area (TPSA) is 30.7 Å². The normalized spacial score (nSPS) is 13.5. The first kappa shape index (κ1) is 26.6. The largest absolute Gasteiger partial charge is 0.276 e. The van der Waals surface area contributed by atoms with Gasteiger partial charge in [0.15, 0.2) is 0 Å². The van der Waals surface area contributed by atoms with Gasteiger partial charge in [-0.2, -0.15) is 0 Å². The second-order valence-electron chi connectivity index (χ2n) is 13.0. The highest BCUT2D eigenvalue weighted by atomic mass is 32.1. The molecule has 0 bridgehead atoms. The third-order valence-electron chi connectivity index (χ3n) is 10.0. The minimum Gasteiger partial charge on any atom is -0.276 e. The number of benzene rings is 6. The fourth-order valence-electron chi connectivity index (χ4n) is 7.74. The Balaban J connectivity index is 1.28. The van der Waals surface area contributed by atoms with E-state index in [4.69, 9.17) is 9.97 Å². The fourth-order valence-corrected chi connectivity index (χ4v) is 8.98. The maximum absolute atomic E-state index is 5.41. The molecule has 0 spiro atoms. The van der Waals surface area contributed by atoms with Crippen LogP contribution in [0.3, 0.4) is 0 Å². The summed E-state index contributed by atoms with van der Waals surface area (Å²) in [4.78, 5) is 10.7. The van der Waals surface area contributed by atoms with Crippen LogP contribution in [0, 0.1) is 0 Å². The molecule has 0 amide bonds. The average molecular weight is 620 g/mol. The first-order valence-corrected chi connectivity index (χ1v) is 16.9. The van der Waals surface area contributed by atoms with Crippen molar-refractivity contribution in [3.05, 3.63) is 151 Å². The van der Waals surface area contributed by atoms with Gasteiger partial charge in [-0.25, -0.2) is 9.97 Å². The van der Waals surface area contributed by atoms with E-state index in [9.17, 15) is 0 Å². The van der Waals surface area contributed by atoms with Crippen LogP contribution in [0.1, 0.15) is 25.0 Å². The van der Waals surface area contributed by atoms with Crippen LogP contribution in [0.15, 0.2) is 140 Å². The summed E-state index contributed by atoms with van der Waals surface area (Å²) >= 11 is 1.85. The van der Waals surface area contributed by atoms with Crippen LogP contribution < -0.4 is 0 Å². The minimum atomic E-state index is -0.0975. The van der Waals surface area contributed by atoms with E-state index in [1.807, 2.05) is 11.3 Å². The predicted octanol–water partition coefficient (Wildman–Crippen LogP) is 11.6. The summed E-state index contributed by atoms with van der Waals surface area (Å²) in [5.74, 6) is 0.681. The van der Waals surface area contributed by atoms with Gasteiger partial charge in [0.1, 0.15) is 0 Å². The van der Waals surface area contributed by atoms with Crippen LogP contribution in [0.2, 0.25) is 0 Å². The highest BCUT2D eigenvalue weighted by Crippen LogP contribution is 2.49. The van der Waals surface area contributed by atoms with Gasteiger partial charge in [-0.15, -0.1) is 11.3 Å². The Morgan fingerprint density at radius 3 is 2.09 bits per heavy atom. The van der Waals surface area contributed by atoms with Crippen molar-refractivity contribution in [1.29, 1.82) is 0 Å². The molecule has 3 nitrogen and oxygen atoms in total. The van der Waals surface area contributed by atoms with Gasteiger partial charge in [-0.05, 0) is 46.5 Å². The third kappa shape index (κ3) is 3.79. The third-order valence-corrected chi connectivity index (χ3v) is 11.2. The Morgan fingerprint density at radius 1 is 0.532 bits per heavy atom. The van der Waals surface area contributed by atoms with Crippen molar-refractivity contribution >= 4 is 53.3 Å². The van der Waals surface area contributed by atoms with Gasteiger partial charge in [0.2, 0.25) is 5.95 Å². The first-order valence-electron chi connectivity index (χ1n) is 16.1. The molecule has 9 aromatic rings. The second kappa shape index (κ2) is 9.71. The highest BCUT2D eigenvalue weighted by Gasteiger charge is 2.35. The molecule has 3 heterocycles. The van der Waals surface area contributed by atoms with Crippen molar-refractivity contribution in [3.8, 4) is 39.6 Å². The standard InChI is InChI=1S/C43H29N3S/c1-43(2)34-17-9-6-14-28(34)29-21-20-27(24-35(29)43)37-25-36(26-12-4-3-5-13-26)44-42(45-37)46-38-18-10-7-15-30(38)32-22-23-33-31-16-8-11-19-39(31)47-41(33)40(32)46/h3-25H,1-2H3. The highest BCUT2D eigenvalue weighted by molar-refractivity contribution is 7.26. The zero-order valence-corrected chi connectivity index (χ0v) is 26.8. The van der Waals surface area contributed by atoms with Gasteiger partial charge in [-0.3, -0.25) is 4.57 Å². The van der Waals surface area contributed by atoms with Gasteiger partial charge < -0.3 is 0 Å².